The largest absolute Gasteiger partial charge is 0.385 e. The summed E-state index contributed by atoms with van der Waals surface area (Å²) in [6, 6.07) is 6.06. The summed E-state index contributed by atoms with van der Waals surface area (Å²) >= 11 is 6.06. The molecule has 0 radical (unpaired) electrons. The van der Waals surface area contributed by atoms with E-state index >= 15 is 0 Å². The van der Waals surface area contributed by atoms with Gasteiger partial charge in [-0.15, -0.1) is 0 Å². The second kappa shape index (κ2) is 8.35. The van der Waals surface area contributed by atoms with E-state index < -0.39 is 0 Å². The van der Waals surface area contributed by atoms with Crippen molar-refractivity contribution in [2.45, 2.75) is 19.9 Å². The lowest BCUT2D eigenvalue weighted by atomic mass is 10.1. The van der Waals surface area contributed by atoms with Gasteiger partial charge in [-0.05, 0) is 36.7 Å². The number of halogens is 1. The summed E-state index contributed by atoms with van der Waals surface area (Å²) in [4.78, 5) is 2.25. The Bertz CT molecular complexity index is 358. The zero-order valence-corrected chi connectivity index (χ0v) is 12.3. The van der Waals surface area contributed by atoms with Gasteiger partial charge in [-0.1, -0.05) is 18.5 Å². The Balaban J connectivity index is 2.72. The molecular weight excluding hydrogens is 248 g/mol. The van der Waals surface area contributed by atoms with E-state index in [-0.39, 0.29) is 0 Å². The number of methoxy groups -OCH3 is 1. The van der Waals surface area contributed by atoms with Gasteiger partial charge in [0, 0.05) is 44.6 Å². The summed E-state index contributed by atoms with van der Waals surface area (Å²) < 4.78 is 5.08. The predicted molar refractivity (Wildman–Crippen MR) is 78.6 cm³/mol. The normalized spacial score (nSPS) is 10.7. The highest BCUT2D eigenvalue weighted by atomic mass is 35.5. The topological polar surface area (TPSA) is 24.5 Å². The van der Waals surface area contributed by atoms with Crippen molar-refractivity contribution in [1.29, 1.82) is 0 Å². The first-order valence-corrected chi connectivity index (χ1v) is 6.76. The highest BCUT2D eigenvalue weighted by molar-refractivity contribution is 6.30. The van der Waals surface area contributed by atoms with Crippen molar-refractivity contribution < 1.29 is 4.74 Å². The highest BCUT2D eigenvalue weighted by Crippen LogP contribution is 2.23. The molecule has 3 nitrogen and oxygen atoms in total. The quantitative estimate of drug-likeness (QED) is 0.735. The van der Waals surface area contributed by atoms with Crippen LogP contribution in [0, 0.1) is 0 Å². The second-order valence-corrected chi connectivity index (χ2v) is 4.76. The Hall–Kier alpha value is -0.770. The van der Waals surface area contributed by atoms with Crippen molar-refractivity contribution >= 4 is 17.3 Å². The maximum atomic E-state index is 6.06. The maximum absolute atomic E-state index is 6.06. The molecule has 0 unspecified atom stereocenters. The third kappa shape index (κ3) is 4.84. The van der Waals surface area contributed by atoms with Crippen LogP contribution < -0.4 is 10.2 Å². The summed E-state index contributed by atoms with van der Waals surface area (Å²) in [5.74, 6) is 0. The van der Waals surface area contributed by atoms with Gasteiger partial charge in [0.05, 0.1) is 0 Å². The molecule has 18 heavy (non-hydrogen) atoms. The molecule has 1 aromatic rings. The Morgan fingerprint density at radius 1 is 1.39 bits per heavy atom. The minimum atomic E-state index is 0.789. The van der Waals surface area contributed by atoms with E-state index in [1.54, 1.807) is 7.11 Å². The van der Waals surface area contributed by atoms with Crippen LogP contribution in [0.4, 0.5) is 5.69 Å². The molecule has 1 rings (SSSR count). The van der Waals surface area contributed by atoms with Crippen molar-refractivity contribution in [1.82, 2.24) is 5.32 Å². The van der Waals surface area contributed by atoms with E-state index in [1.165, 1.54) is 11.3 Å². The number of rotatable bonds is 8. The van der Waals surface area contributed by atoms with Gasteiger partial charge >= 0.3 is 0 Å². The molecular formula is C14H23ClN2O. The fourth-order valence-corrected chi connectivity index (χ4v) is 2.09. The third-order valence-electron chi connectivity index (χ3n) is 2.86. The minimum Gasteiger partial charge on any atom is -0.385 e. The van der Waals surface area contributed by atoms with E-state index in [9.17, 15) is 0 Å². The number of hydrogen-bond donors (Lipinski definition) is 1. The molecule has 102 valence electrons. The molecule has 1 N–H and O–H groups in total. The van der Waals surface area contributed by atoms with Crippen LogP contribution in [0.25, 0.3) is 0 Å². The minimum absolute atomic E-state index is 0.789. The monoisotopic (exact) mass is 270 g/mol. The van der Waals surface area contributed by atoms with Crippen LogP contribution in [0.1, 0.15) is 18.9 Å². The van der Waals surface area contributed by atoms with Crippen LogP contribution in [0.5, 0.6) is 0 Å². The molecule has 1 aromatic carbocycles. The lowest BCUT2D eigenvalue weighted by molar-refractivity contribution is 0.196. The molecule has 0 aliphatic rings. The first-order chi connectivity index (χ1) is 8.69. The smallest absolute Gasteiger partial charge is 0.0479 e. The molecule has 0 aliphatic heterocycles. The van der Waals surface area contributed by atoms with Crippen LogP contribution in [-0.2, 0) is 11.3 Å². The van der Waals surface area contributed by atoms with E-state index in [0.717, 1.165) is 37.7 Å². The second-order valence-electron chi connectivity index (χ2n) is 4.32. The van der Waals surface area contributed by atoms with Crippen LogP contribution in [0.15, 0.2) is 18.2 Å². The molecule has 0 atom stereocenters. The first-order valence-electron chi connectivity index (χ1n) is 6.38. The zero-order valence-electron chi connectivity index (χ0n) is 11.5. The molecule has 4 heteroatoms. The van der Waals surface area contributed by atoms with Crippen molar-refractivity contribution in [3.63, 3.8) is 0 Å². The Labute approximate surface area is 115 Å². The average molecular weight is 271 g/mol. The Kier molecular flexibility index (Phi) is 7.09. The van der Waals surface area contributed by atoms with Crippen LogP contribution in [0.2, 0.25) is 5.02 Å². The molecule has 0 aliphatic carbocycles. The lowest BCUT2D eigenvalue weighted by Crippen LogP contribution is -2.22. The number of anilines is 1. The van der Waals surface area contributed by atoms with Gasteiger partial charge < -0.3 is 15.0 Å². The standard InChI is InChI=1S/C14H23ClN2O/c1-4-16-11-12-10-13(15)6-7-14(12)17(2)8-5-9-18-3/h6-7,10,16H,4-5,8-9,11H2,1-3H3. The number of ether oxygens (including phenoxy) is 1. The predicted octanol–water partition coefficient (Wildman–Crippen LogP) is 2.92. The van der Waals surface area contributed by atoms with Gasteiger partial charge in [-0.25, -0.2) is 0 Å². The van der Waals surface area contributed by atoms with Gasteiger partial charge in [-0.2, -0.15) is 0 Å². The summed E-state index contributed by atoms with van der Waals surface area (Å²) in [7, 11) is 3.84. The maximum Gasteiger partial charge on any atom is 0.0479 e. The molecule has 0 bridgehead atoms. The highest BCUT2D eigenvalue weighted by Gasteiger charge is 2.07. The van der Waals surface area contributed by atoms with Gasteiger partial charge in [0.1, 0.15) is 0 Å². The summed E-state index contributed by atoms with van der Waals surface area (Å²) in [6.07, 6.45) is 1.02. The summed E-state index contributed by atoms with van der Waals surface area (Å²) in [5.41, 5.74) is 2.47. The Morgan fingerprint density at radius 3 is 2.83 bits per heavy atom. The number of benzene rings is 1. The number of nitrogens with zero attached hydrogens (tertiary/aromatic N) is 1. The third-order valence-corrected chi connectivity index (χ3v) is 3.10. The van der Waals surface area contributed by atoms with E-state index in [0.29, 0.717) is 0 Å². The van der Waals surface area contributed by atoms with Gasteiger partial charge in [0.15, 0.2) is 0 Å². The first kappa shape index (κ1) is 15.3. The summed E-state index contributed by atoms with van der Waals surface area (Å²) in [6.45, 7) is 5.68. The lowest BCUT2D eigenvalue weighted by Gasteiger charge is -2.23. The molecule has 0 aromatic heterocycles. The van der Waals surface area contributed by atoms with Crippen molar-refractivity contribution in [3.05, 3.63) is 28.8 Å². The SMILES string of the molecule is CCNCc1cc(Cl)ccc1N(C)CCCOC. The van der Waals surface area contributed by atoms with Crippen molar-refractivity contribution in [3.8, 4) is 0 Å². The zero-order chi connectivity index (χ0) is 13.4. The summed E-state index contributed by atoms with van der Waals surface area (Å²) in [5, 5.41) is 4.13. The van der Waals surface area contributed by atoms with Crippen molar-refractivity contribution in [2.75, 3.05) is 38.8 Å². The Morgan fingerprint density at radius 2 is 2.17 bits per heavy atom. The molecule has 0 heterocycles. The van der Waals surface area contributed by atoms with Crippen molar-refractivity contribution in [2.24, 2.45) is 0 Å². The number of hydrogen-bond acceptors (Lipinski definition) is 3. The van der Waals surface area contributed by atoms with E-state index in [2.05, 4.69) is 30.3 Å². The molecule has 0 spiro atoms. The van der Waals surface area contributed by atoms with Gasteiger partial charge in [0.2, 0.25) is 0 Å². The fraction of sp³-hybridized carbons (Fsp3) is 0.571. The molecule has 0 amide bonds. The fourth-order valence-electron chi connectivity index (χ4n) is 1.89. The van der Waals surface area contributed by atoms with E-state index in [4.69, 9.17) is 16.3 Å². The molecule has 0 saturated heterocycles. The van der Waals surface area contributed by atoms with E-state index in [1.807, 2.05) is 12.1 Å². The van der Waals surface area contributed by atoms with Gasteiger partial charge in [0.25, 0.3) is 0 Å². The van der Waals surface area contributed by atoms with Gasteiger partial charge in [-0.3, -0.25) is 0 Å². The molecule has 0 saturated carbocycles. The van der Waals surface area contributed by atoms with Crippen LogP contribution >= 0.6 is 11.6 Å². The average Bonchev–Trinajstić information content (AvgIpc) is 2.36. The number of nitrogens with one attached hydrogen (secondary N) is 1. The molecule has 0 fully saturated rings. The van der Waals surface area contributed by atoms with Crippen LogP contribution in [-0.4, -0.2) is 33.9 Å². The van der Waals surface area contributed by atoms with Crippen LogP contribution in [0.3, 0.4) is 0 Å².